The highest BCUT2D eigenvalue weighted by Crippen LogP contribution is 2.28. The zero-order chi connectivity index (χ0) is 19.3. The summed E-state index contributed by atoms with van der Waals surface area (Å²) in [6, 6.07) is 6.38. The van der Waals surface area contributed by atoms with Crippen LogP contribution in [0.2, 0.25) is 0 Å². The number of aliphatic imine (C=N–C) groups is 1. The summed E-state index contributed by atoms with van der Waals surface area (Å²) in [6.07, 6.45) is 5.20. The van der Waals surface area contributed by atoms with E-state index >= 15 is 0 Å². The second-order valence-electron chi connectivity index (χ2n) is 6.86. The highest BCUT2D eigenvalue weighted by molar-refractivity contribution is 5.79. The molecular formula is C21H35N3O3. The lowest BCUT2D eigenvalue weighted by molar-refractivity contribution is 0.0733. The Labute approximate surface area is 163 Å². The van der Waals surface area contributed by atoms with Crippen LogP contribution in [0.25, 0.3) is 0 Å². The maximum Gasteiger partial charge on any atom is 0.191 e. The molecule has 2 rings (SSSR count). The van der Waals surface area contributed by atoms with Crippen LogP contribution in [0, 0.1) is 6.92 Å². The van der Waals surface area contributed by atoms with E-state index in [0.29, 0.717) is 39.0 Å². The maximum atomic E-state index is 6.27. The summed E-state index contributed by atoms with van der Waals surface area (Å²) in [6.45, 7) is 8.11. The standard InChI is InChI=1S/C21H35N3O3/c1-4-22-21(23-11-12-26-14-13-25-3)24-16-18-10-9-17(2)15-20(18)27-19-7-5-6-8-19/h9-10,15,19H,4-8,11-14,16H2,1-3H3,(H2,22,23,24). The molecule has 0 amide bonds. The van der Waals surface area contributed by atoms with Crippen LogP contribution in [0.15, 0.2) is 23.2 Å². The van der Waals surface area contributed by atoms with Crippen LogP contribution in [-0.2, 0) is 16.0 Å². The average Bonchev–Trinajstić information content (AvgIpc) is 3.16. The number of rotatable bonds is 11. The van der Waals surface area contributed by atoms with Crippen molar-refractivity contribution in [2.45, 2.75) is 52.2 Å². The lowest BCUT2D eigenvalue weighted by atomic mass is 10.1. The summed E-state index contributed by atoms with van der Waals surface area (Å²) in [5.74, 6) is 1.77. The molecule has 0 radical (unpaired) electrons. The molecule has 0 aromatic heterocycles. The molecule has 0 unspecified atom stereocenters. The lowest BCUT2D eigenvalue weighted by Gasteiger charge is -2.17. The molecule has 6 heteroatoms. The van der Waals surface area contributed by atoms with Crippen molar-refractivity contribution < 1.29 is 14.2 Å². The fourth-order valence-corrected chi connectivity index (χ4v) is 3.08. The number of nitrogens with one attached hydrogen (secondary N) is 2. The van der Waals surface area contributed by atoms with Crippen LogP contribution in [0.5, 0.6) is 5.75 Å². The largest absolute Gasteiger partial charge is 0.490 e. The molecule has 1 fully saturated rings. The minimum atomic E-state index is 0.352. The Balaban J connectivity index is 1.91. The maximum absolute atomic E-state index is 6.27. The molecule has 0 heterocycles. The topological polar surface area (TPSA) is 64.1 Å². The summed E-state index contributed by atoms with van der Waals surface area (Å²) in [5, 5.41) is 6.58. The zero-order valence-corrected chi connectivity index (χ0v) is 17.1. The molecule has 1 saturated carbocycles. The number of nitrogens with zero attached hydrogens (tertiary/aromatic N) is 1. The van der Waals surface area contributed by atoms with Crippen LogP contribution in [0.3, 0.4) is 0 Å². The Morgan fingerprint density at radius 2 is 1.96 bits per heavy atom. The van der Waals surface area contributed by atoms with Gasteiger partial charge in [0.25, 0.3) is 0 Å². The van der Waals surface area contributed by atoms with E-state index in [1.54, 1.807) is 7.11 Å². The molecule has 2 N–H and O–H groups in total. The van der Waals surface area contributed by atoms with Crippen molar-refractivity contribution >= 4 is 5.96 Å². The molecule has 0 bridgehead atoms. The molecule has 0 spiro atoms. The van der Waals surface area contributed by atoms with E-state index in [1.807, 2.05) is 0 Å². The van der Waals surface area contributed by atoms with Crippen molar-refractivity contribution in [3.63, 3.8) is 0 Å². The molecule has 152 valence electrons. The summed E-state index contributed by atoms with van der Waals surface area (Å²) in [5.41, 5.74) is 2.34. The van der Waals surface area contributed by atoms with Gasteiger partial charge in [-0.05, 0) is 51.2 Å². The predicted molar refractivity (Wildman–Crippen MR) is 110 cm³/mol. The molecule has 1 aliphatic rings. The van der Waals surface area contributed by atoms with Gasteiger partial charge in [0.15, 0.2) is 5.96 Å². The van der Waals surface area contributed by atoms with E-state index in [-0.39, 0.29) is 0 Å². The number of ether oxygens (including phenoxy) is 3. The average molecular weight is 378 g/mol. The SMILES string of the molecule is CCNC(=NCc1ccc(C)cc1OC1CCCC1)NCCOCCOC. The van der Waals surface area contributed by atoms with Crippen molar-refractivity contribution in [1.29, 1.82) is 0 Å². The van der Waals surface area contributed by atoms with Crippen LogP contribution < -0.4 is 15.4 Å². The molecule has 27 heavy (non-hydrogen) atoms. The van der Waals surface area contributed by atoms with Crippen LogP contribution >= 0.6 is 0 Å². The highest BCUT2D eigenvalue weighted by Gasteiger charge is 2.18. The van der Waals surface area contributed by atoms with Gasteiger partial charge in [-0.1, -0.05) is 12.1 Å². The zero-order valence-electron chi connectivity index (χ0n) is 17.1. The first kappa shape index (κ1) is 21.5. The van der Waals surface area contributed by atoms with Gasteiger partial charge in [-0.3, -0.25) is 0 Å². The molecule has 0 aliphatic heterocycles. The van der Waals surface area contributed by atoms with Crippen molar-refractivity contribution in [1.82, 2.24) is 10.6 Å². The molecule has 1 aliphatic carbocycles. The Morgan fingerprint density at radius 3 is 2.70 bits per heavy atom. The van der Waals surface area contributed by atoms with Gasteiger partial charge in [-0.15, -0.1) is 0 Å². The van der Waals surface area contributed by atoms with Crippen molar-refractivity contribution in [3.05, 3.63) is 29.3 Å². The van der Waals surface area contributed by atoms with Crippen molar-refractivity contribution in [2.24, 2.45) is 4.99 Å². The van der Waals surface area contributed by atoms with Gasteiger partial charge in [-0.2, -0.15) is 0 Å². The first-order valence-electron chi connectivity index (χ1n) is 10.1. The van der Waals surface area contributed by atoms with E-state index < -0.39 is 0 Å². The highest BCUT2D eigenvalue weighted by atomic mass is 16.5. The first-order valence-corrected chi connectivity index (χ1v) is 10.1. The fourth-order valence-electron chi connectivity index (χ4n) is 3.08. The van der Waals surface area contributed by atoms with Gasteiger partial charge in [0, 0.05) is 25.8 Å². The lowest BCUT2D eigenvalue weighted by Crippen LogP contribution is -2.39. The van der Waals surface area contributed by atoms with Gasteiger partial charge >= 0.3 is 0 Å². The van der Waals surface area contributed by atoms with Crippen LogP contribution in [0.1, 0.15) is 43.7 Å². The smallest absolute Gasteiger partial charge is 0.191 e. The third kappa shape index (κ3) is 8.18. The van der Waals surface area contributed by atoms with Gasteiger partial charge in [0.1, 0.15) is 5.75 Å². The predicted octanol–water partition coefficient (Wildman–Crippen LogP) is 3.03. The Morgan fingerprint density at radius 1 is 1.15 bits per heavy atom. The summed E-state index contributed by atoms with van der Waals surface area (Å²) in [4.78, 5) is 4.72. The first-order chi connectivity index (χ1) is 13.2. The number of hydrogen-bond donors (Lipinski definition) is 2. The van der Waals surface area contributed by atoms with E-state index in [9.17, 15) is 0 Å². The minimum Gasteiger partial charge on any atom is -0.490 e. The number of guanidine groups is 1. The number of methoxy groups -OCH3 is 1. The van der Waals surface area contributed by atoms with Crippen molar-refractivity contribution in [2.75, 3.05) is 40.0 Å². The van der Waals surface area contributed by atoms with E-state index in [2.05, 4.69) is 42.7 Å². The molecule has 1 aromatic carbocycles. The van der Waals surface area contributed by atoms with Crippen LogP contribution in [-0.4, -0.2) is 52.1 Å². The van der Waals surface area contributed by atoms with Crippen LogP contribution in [0.4, 0.5) is 0 Å². The number of benzene rings is 1. The molecule has 0 atom stereocenters. The third-order valence-corrected chi connectivity index (χ3v) is 4.54. The second-order valence-corrected chi connectivity index (χ2v) is 6.86. The van der Waals surface area contributed by atoms with Gasteiger partial charge < -0.3 is 24.8 Å². The van der Waals surface area contributed by atoms with E-state index in [4.69, 9.17) is 19.2 Å². The van der Waals surface area contributed by atoms with E-state index in [0.717, 1.165) is 36.7 Å². The monoisotopic (exact) mass is 377 g/mol. The second kappa shape index (κ2) is 12.6. The molecule has 6 nitrogen and oxygen atoms in total. The van der Waals surface area contributed by atoms with Crippen molar-refractivity contribution in [3.8, 4) is 5.75 Å². The Bertz CT molecular complexity index is 572. The van der Waals surface area contributed by atoms with Gasteiger partial charge in [-0.25, -0.2) is 4.99 Å². The summed E-state index contributed by atoms with van der Waals surface area (Å²) >= 11 is 0. The normalized spacial score (nSPS) is 15.1. The Hall–Kier alpha value is -1.79. The van der Waals surface area contributed by atoms with Gasteiger partial charge in [0.05, 0.1) is 32.5 Å². The number of aryl methyl sites for hydroxylation is 1. The Kier molecular flexibility index (Phi) is 10.0. The number of hydrogen-bond acceptors (Lipinski definition) is 4. The summed E-state index contributed by atoms with van der Waals surface area (Å²) in [7, 11) is 1.67. The molecule has 1 aromatic rings. The quantitative estimate of drug-likeness (QED) is 0.353. The summed E-state index contributed by atoms with van der Waals surface area (Å²) < 4.78 is 16.7. The third-order valence-electron chi connectivity index (χ3n) is 4.54. The van der Waals surface area contributed by atoms with Gasteiger partial charge in [0.2, 0.25) is 0 Å². The minimum absolute atomic E-state index is 0.352. The molecule has 0 saturated heterocycles. The fraction of sp³-hybridized carbons (Fsp3) is 0.667. The molecular weight excluding hydrogens is 342 g/mol. The van der Waals surface area contributed by atoms with E-state index in [1.165, 1.54) is 18.4 Å².